The van der Waals surface area contributed by atoms with Crippen molar-refractivity contribution < 1.29 is 14.2 Å². The number of hydrogen-bond acceptors (Lipinski definition) is 5. The molecule has 1 aromatic heterocycles. The summed E-state index contributed by atoms with van der Waals surface area (Å²) in [5.74, 6) is 6.26. The van der Waals surface area contributed by atoms with Gasteiger partial charge in [0.05, 0.1) is 17.2 Å². The number of nitrogens with two attached hydrogens (primary N) is 1. The monoisotopic (exact) mass is 463 g/mol. The fraction of sp³-hybridized carbons (Fsp3) is 0.435. The van der Waals surface area contributed by atoms with Gasteiger partial charge in [-0.2, -0.15) is 0 Å². The summed E-state index contributed by atoms with van der Waals surface area (Å²) >= 11 is 12.3. The number of benzene rings is 1. The van der Waals surface area contributed by atoms with Crippen LogP contribution in [0.3, 0.4) is 0 Å². The van der Waals surface area contributed by atoms with E-state index >= 15 is 0 Å². The highest BCUT2D eigenvalue weighted by Gasteiger charge is 2.54. The molecule has 1 saturated carbocycles. The molecule has 5 nitrogen and oxygen atoms in total. The van der Waals surface area contributed by atoms with Gasteiger partial charge in [0.15, 0.2) is 11.6 Å². The molecule has 1 spiro atoms. The van der Waals surface area contributed by atoms with Crippen molar-refractivity contribution >= 4 is 29.0 Å². The van der Waals surface area contributed by atoms with E-state index in [0.717, 1.165) is 19.4 Å². The number of aliphatic hydroxyl groups is 1. The van der Waals surface area contributed by atoms with Crippen LogP contribution in [0.2, 0.25) is 10.0 Å². The lowest BCUT2D eigenvalue weighted by Gasteiger charge is -2.19. The number of likely N-dealkylation sites (tertiary alicyclic amines) is 1. The summed E-state index contributed by atoms with van der Waals surface area (Å²) in [7, 11) is 0. The van der Waals surface area contributed by atoms with E-state index in [2.05, 4.69) is 21.7 Å². The predicted molar refractivity (Wildman–Crippen MR) is 120 cm³/mol. The molecule has 2 aliphatic rings. The van der Waals surface area contributed by atoms with E-state index in [9.17, 15) is 9.50 Å². The summed E-state index contributed by atoms with van der Waals surface area (Å²) in [6.07, 6.45) is 2.84. The molecule has 31 heavy (non-hydrogen) atoms. The number of halogens is 3. The van der Waals surface area contributed by atoms with Crippen LogP contribution in [0.4, 0.5) is 10.2 Å². The molecule has 2 aromatic rings. The Labute approximate surface area is 191 Å². The maximum atomic E-state index is 13.9. The molecule has 3 N–H and O–H groups in total. The second-order valence-electron chi connectivity index (χ2n) is 8.38. The molecule has 164 valence electrons. The number of anilines is 1. The highest BCUT2D eigenvalue weighted by atomic mass is 35.5. The number of pyridine rings is 1. The maximum absolute atomic E-state index is 13.9. The van der Waals surface area contributed by atoms with Crippen molar-refractivity contribution in [1.29, 1.82) is 0 Å². The number of nitrogens with zero attached hydrogens (tertiary/aromatic N) is 2. The van der Waals surface area contributed by atoms with E-state index in [1.54, 1.807) is 19.2 Å². The Balaban J connectivity index is 1.49. The Kier molecular flexibility index (Phi) is 6.06. The number of ether oxygens (including phenoxy) is 1. The lowest BCUT2D eigenvalue weighted by molar-refractivity contribution is 0.130. The smallest absolute Gasteiger partial charge is 0.166 e. The van der Waals surface area contributed by atoms with Crippen molar-refractivity contribution in [2.45, 2.75) is 44.9 Å². The van der Waals surface area contributed by atoms with Gasteiger partial charge in [0.1, 0.15) is 11.9 Å². The first kappa shape index (κ1) is 22.2. The van der Waals surface area contributed by atoms with Crippen LogP contribution in [0.15, 0.2) is 24.4 Å². The number of β-amino-alcohol motifs (C(OH)–C–C–N with tert-alkyl or cyclic N) is 1. The number of aliphatic hydroxyl groups excluding tert-OH is 1. The van der Waals surface area contributed by atoms with Gasteiger partial charge in [-0.05, 0) is 38.8 Å². The molecule has 1 aliphatic heterocycles. The van der Waals surface area contributed by atoms with Crippen LogP contribution in [0, 0.1) is 23.1 Å². The number of aromatic nitrogens is 1. The standard InChI is InChI=1S/C23H24Cl2FN3O2/c1-13(29-11-19(30)23(12-29)7-8-23)3-4-15-9-18(22(27)28-10-15)31-14(2)20-16(24)5-6-17(26)21(20)25/h5-6,9-10,13-14,19,30H,7-8,11-12H2,1-2H3,(H2,27,28). The zero-order chi connectivity index (χ0) is 22.3. The first-order valence-electron chi connectivity index (χ1n) is 10.2. The summed E-state index contributed by atoms with van der Waals surface area (Å²) in [5.41, 5.74) is 7.04. The molecule has 4 rings (SSSR count). The van der Waals surface area contributed by atoms with Crippen molar-refractivity contribution in [3.63, 3.8) is 0 Å². The third-order valence-electron chi connectivity index (χ3n) is 6.17. The first-order valence-corrected chi connectivity index (χ1v) is 10.9. The minimum atomic E-state index is -0.650. The van der Waals surface area contributed by atoms with Gasteiger partial charge >= 0.3 is 0 Å². The molecular formula is C23H24Cl2FN3O2. The molecule has 8 heteroatoms. The molecule has 3 atom stereocenters. The largest absolute Gasteiger partial charge is 0.482 e. The Morgan fingerprint density at radius 2 is 2.10 bits per heavy atom. The van der Waals surface area contributed by atoms with Gasteiger partial charge in [-0.15, -0.1) is 0 Å². The quantitative estimate of drug-likeness (QED) is 0.517. The molecule has 1 aromatic carbocycles. The van der Waals surface area contributed by atoms with Gasteiger partial charge in [-0.1, -0.05) is 35.0 Å². The van der Waals surface area contributed by atoms with Gasteiger partial charge in [0, 0.05) is 46.9 Å². The van der Waals surface area contributed by atoms with Gasteiger partial charge in [0.25, 0.3) is 0 Å². The van der Waals surface area contributed by atoms with E-state index in [4.69, 9.17) is 33.7 Å². The fourth-order valence-corrected chi connectivity index (χ4v) is 4.68. The lowest BCUT2D eigenvalue weighted by Crippen LogP contribution is -2.30. The predicted octanol–water partition coefficient (Wildman–Crippen LogP) is 4.45. The minimum absolute atomic E-state index is 0.000349. The van der Waals surface area contributed by atoms with Gasteiger partial charge < -0.3 is 15.6 Å². The highest BCUT2D eigenvalue weighted by molar-refractivity contribution is 6.36. The Morgan fingerprint density at radius 1 is 1.35 bits per heavy atom. The summed E-state index contributed by atoms with van der Waals surface area (Å²) in [6.45, 7) is 5.26. The van der Waals surface area contributed by atoms with E-state index in [1.807, 2.05) is 6.92 Å². The molecule has 2 heterocycles. The molecule has 1 aliphatic carbocycles. The molecule has 0 amide bonds. The van der Waals surface area contributed by atoms with Crippen LogP contribution >= 0.6 is 23.2 Å². The van der Waals surface area contributed by atoms with Gasteiger partial charge in [0.2, 0.25) is 0 Å². The zero-order valence-electron chi connectivity index (χ0n) is 17.3. The van der Waals surface area contributed by atoms with Crippen LogP contribution in [0.5, 0.6) is 5.75 Å². The number of hydrogen-bond donors (Lipinski definition) is 2. The first-order chi connectivity index (χ1) is 14.7. The summed E-state index contributed by atoms with van der Waals surface area (Å²) in [4.78, 5) is 6.38. The van der Waals surface area contributed by atoms with Crippen molar-refractivity contribution in [3.8, 4) is 17.6 Å². The molecule has 0 bridgehead atoms. The van der Waals surface area contributed by atoms with Crippen LogP contribution in [-0.4, -0.2) is 40.2 Å². The molecule has 1 saturated heterocycles. The summed E-state index contributed by atoms with van der Waals surface area (Å²) < 4.78 is 19.8. The van der Waals surface area contributed by atoms with Crippen LogP contribution < -0.4 is 10.5 Å². The van der Waals surface area contributed by atoms with Crippen LogP contribution in [0.1, 0.15) is 43.9 Å². The van der Waals surface area contributed by atoms with E-state index in [1.165, 1.54) is 12.1 Å². The highest BCUT2D eigenvalue weighted by Crippen LogP contribution is 2.53. The molecule has 0 radical (unpaired) electrons. The van der Waals surface area contributed by atoms with Crippen molar-refractivity contribution in [1.82, 2.24) is 9.88 Å². The van der Waals surface area contributed by atoms with Crippen LogP contribution in [0.25, 0.3) is 0 Å². The van der Waals surface area contributed by atoms with Gasteiger partial charge in [-0.3, -0.25) is 4.90 Å². The van der Waals surface area contributed by atoms with Crippen molar-refractivity contribution in [2.75, 3.05) is 18.8 Å². The third kappa shape index (κ3) is 4.47. The Morgan fingerprint density at radius 3 is 2.77 bits per heavy atom. The maximum Gasteiger partial charge on any atom is 0.166 e. The second kappa shape index (κ2) is 8.48. The summed E-state index contributed by atoms with van der Waals surface area (Å²) in [5, 5.41) is 10.5. The van der Waals surface area contributed by atoms with E-state index < -0.39 is 11.9 Å². The van der Waals surface area contributed by atoms with Gasteiger partial charge in [-0.25, -0.2) is 9.37 Å². The third-order valence-corrected chi connectivity index (χ3v) is 6.88. The summed E-state index contributed by atoms with van der Waals surface area (Å²) in [6, 6.07) is 4.34. The van der Waals surface area contributed by atoms with Crippen molar-refractivity contribution in [2.24, 2.45) is 5.41 Å². The lowest BCUT2D eigenvalue weighted by atomic mass is 10.0. The van der Waals surface area contributed by atoms with E-state index in [0.29, 0.717) is 28.4 Å². The molecule has 3 unspecified atom stereocenters. The second-order valence-corrected chi connectivity index (χ2v) is 9.16. The SMILES string of the molecule is CC(Oc1cc(C#CC(C)N2CC(O)C3(CC3)C2)cnc1N)c1c(Cl)ccc(F)c1Cl. The molecule has 2 fully saturated rings. The van der Waals surface area contributed by atoms with Crippen LogP contribution in [-0.2, 0) is 0 Å². The number of nitrogen functional groups attached to an aromatic ring is 1. The zero-order valence-corrected chi connectivity index (χ0v) is 18.8. The topological polar surface area (TPSA) is 71.6 Å². The minimum Gasteiger partial charge on any atom is -0.482 e. The molecular weight excluding hydrogens is 440 g/mol. The Bertz CT molecular complexity index is 1060. The van der Waals surface area contributed by atoms with E-state index in [-0.39, 0.29) is 28.4 Å². The average Bonchev–Trinajstić information content (AvgIpc) is 3.44. The number of rotatable bonds is 4. The Hall–Kier alpha value is -2.04. The fourth-order valence-electron chi connectivity index (χ4n) is 4.00. The normalized spacial score (nSPS) is 21.4. The van der Waals surface area contributed by atoms with Crippen molar-refractivity contribution in [3.05, 3.63) is 51.4 Å². The average molecular weight is 464 g/mol.